The Labute approximate surface area is 150 Å². The first-order valence-electron chi connectivity index (χ1n) is 8.51. The molecule has 1 amide bonds. The summed E-state index contributed by atoms with van der Waals surface area (Å²) >= 11 is 0. The molecule has 2 aromatic carbocycles. The molecule has 2 N–H and O–H groups in total. The molecule has 0 fully saturated rings. The van der Waals surface area contributed by atoms with Crippen LogP contribution >= 0.6 is 0 Å². The molecule has 6 nitrogen and oxygen atoms in total. The summed E-state index contributed by atoms with van der Waals surface area (Å²) in [4.78, 5) is 20.3. The van der Waals surface area contributed by atoms with Gasteiger partial charge in [-0.15, -0.1) is 0 Å². The molecule has 0 aliphatic heterocycles. The topological polar surface area (TPSA) is 75.6 Å². The van der Waals surface area contributed by atoms with Gasteiger partial charge in [0.2, 0.25) is 0 Å². The van der Waals surface area contributed by atoms with Crippen molar-refractivity contribution in [1.82, 2.24) is 25.1 Å². The molecule has 0 saturated heterocycles. The molecule has 4 rings (SSSR count). The van der Waals surface area contributed by atoms with E-state index < -0.39 is 0 Å². The fourth-order valence-corrected chi connectivity index (χ4v) is 2.87. The van der Waals surface area contributed by atoms with E-state index in [1.165, 1.54) is 0 Å². The maximum Gasteiger partial charge on any atom is 0.251 e. The van der Waals surface area contributed by atoms with Crippen LogP contribution in [-0.2, 0) is 6.54 Å². The van der Waals surface area contributed by atoms with Crippen LogP contribution in [0.3, 0.4) is 0 Å². The van der Waals surface area contributed by atoms with Crippen molar-refractivity contribution < 1.29 is 4.79 Å². The summed E-state index contributed by atoms with van der Waals surface area (Å²) < 4.78 is 1.85. The molecule has 0 radical (unpaired) electrons. The zero-order valence-electron chi connectivity index (χ0n) is 14.4. The summed E-state index contributed by atoms with van der Waals surface area (Å²) in [5.74, 6) is 0.624. The number of aromatic nitrogens is 4. The summed E-state index contributed by atoms with van der Waals surface area (Å²) in [6.45, 7) is 2.60. The second-order valence-corrected chi connectivity index (χ2v) is 6.23. The van der Waals surface area contributed by atoms with Crippen molar-refractivity contribution in [2.45, 2.75) is 19.5 Å². The maximum atomic E-state index is 12.5. The van der Waals surface area contributed by atoms with Crippen molar-refractivity contribution in [1.29, 1.82) is 0 Å². The van der Waals surface area contributed by atoms with Crippen LogP contribution < -0.4 is 5.32 Å². The molecule has 0 aliphatic rings. The van der Waals surface area contributed by atoms with Gasteiger partial charge in [0.05, 0.1) is 23.6 Å². The van der Waals surface area contributed by atoms with Gasteiger partial charge in [0.15, 0.2) is 0 Å². The minimum atomic E-state index is -0.210. The Morgan fingerprint density at radius 3 is 2.69 bits per heavy atom. The summed E-state index contributed by atoms with van der Waals surface area (Å²) in [5, 5.41) is 7.18. The zero-order valence-corrected chi connectivity index (χ0v) is 14.4. The maximum absolute atomic E-state index is 12.5. The van der Waals surface area contributed by atoms with Crippen LogP contribution in [0.2, 0.25) is 0 Å². The lowest BCUT2D eigenvalue weighted by Crippen LogP contribution is -2.27. The Hall–Kier alpha value is -3.41. The third-order valence-electron chi connectivity index (χ3n) is 4.29. The summed E-state index contributed by atoms with van der Waals surface area (Å²) in [6, 6.07) is 17.1. The lowest BCUT2D eigenvalue weighted by Gasteiger charge is -2.12. The molecule has 0 spiro atoms. The molecule has 4 aromatic rings. The van der Waals surface area contributed by atoms with E-state index in [0.29, 0.717) is 12.1 Å². The van der Waals surface area contributed by atoms with E-state index >= 15 is 0 Å². The van der Waals surface area contributed by atoms with Crippen LogP contribution in [-0.4, -0.2) is 25.7 Å². The fraction of sp³-hybridized carbons (Fsp3) is 0.150. The van der Waals surface area contributed by atoms with Crippen molar-refractivity contribution >= 4 is 16.9 Å². The molecule has 26 heavy (non-hydrogen) atoms. The minimum Gasteiger partial charge on any atom is -0.342 e. The van der Waals surface area contributed by atoms with Crippen LogP contribution in [0.15, 0.2) is 67.0 Å². The predicted octanol–water partition coefficient (Wildman–Crippen LogP) is 3.30. The van der Waals surface area contributed by atoms with Crippen molar-refractivity contribution in [2.75, 3.05) is 0 Å². The van der Waals surface area contributed by atoms with Crippen LogP contribution in [0, 0.1) is 0 Å². The van der Waals surface area contributed by atoms with Gasteiger partial charge in [0.25, 0.3) is 5.91 Å². The third-order valence-corrected chi connectivity index (χ3v) is 4.29. The van der Waals surface area contributed by atoms with E-state index in [0.717, 1.165) is 22.4 Å². The molecule has 2 heterocycles. The Morgan fingerprint density at radius 1 is 1.15 bits per heavy atom. The average Bonchev–Trinajstić information content (AvgIpc) is 3.31. The number of carbonyl (C=O) groups is 1. The van der Waals surface area contributed by atoms with Gasteiger partial charge in [-0.05, 0) is 42.8 Å². The molecule has 1 atom stereocenters. The highest BCUT2D eigenvalue weighted by Gasteiger charge is 2.14. The Bertz CT molecular complexity index is 985. The predicted molar refractivity (Wildman–Crippen MR) is 99.7 cm³/mol. The number of hydrogen-bond acceptors (Lipinski definition) is 3. The van der Waals surface area contributed by atoms with Crippen LogP contribution in [0.1, 0.15) is 34.7 Å². The normalized spacial score (nSPS) is 12.2. The molecule has 130 valence electrons. The number of aromatic amines is 1. The van der Waals surface area contributed by atoms with Crippen LogP contribution in [0.25, 0.3) is 11.0 Å². The molecule has 0 aliphatic carbocycles. The number of rotatable bonds is 5. The van der Waals surface area contributed by atoms with Gasteiger partial charge in [0, 0.05) is 18.0 Å². The number of para-hydroxylation sites is 2. The van der Waals surface area contributed by atoms with E-state index in [4.69, 9.17) is 0 Å². The van der Waals surface area contributed by atoms with Gasteiger partial charge in [-0.1, -0.05) is 24.3 Å². The number of amides is 1. The van der Waals surface area contributed by atoms with E-state index in [9.17, 15) is 4.79 Å². The standard InChI is InChI=1S/C20H19N5O/c1-14(19-23-17-5-2-3-6-18(17)24-19)22-20(26)16-9-7-15(8-10-16)13-25-12-4-11-21-25/h2-12,14H,13H2,1H3,(H,22,26)(H,23,24). The minimum absolute atomic E-state index is 0.122. The number of hydrogen-bond donors (Lipinski definition) is 2. The highest BCUT2D eigenvalue weighted by atomic mass is 16.1. The quantitative estimate of drug-likeness (QED) is 0.583. The molecule has 0 saturated carbocycles. The van der Waals surface area contributed by atoms with Crippen LogP contribution in [0.5, 0.6) is 0 Å². The number of nitrogens with one attached hydrogen (secondary N) is 2. The van der Waals surface area contributed by atoms with E-state index in [1.54, 1.807) is 6.20 Å². The first kappa shape index (κ1) is 16.1. The van der Waals surface area contributed by atoms with E-state index in [2.05, 4.69) is 20.4 Å². The Morgan fingerprint density at radius 2 is 1.96 bits per heavy atom. The number of carbonyl (C=O) groups excluding carboxylic acids is 1. The highest BCUT2D eigenvalue weighted by molar-refractivity contribution is 5.94. The second kappa shape index (κ2) is 6.84. The van der Waals surface area contributed by atoms with Crippen LogP contribution in [0.4, 0.5) is 0 Å². The van der Waals surface area contributed by atoms with Crippen molar-refractivity contribution in [2.24, 2.45) is 0 Å². The molecule has 2 aromatic heterocycles. The first-order chi connectivity index (χ1) is 12.7. The van der Waals surface area contributed by atoms with Crippen molar-refractivity contribution in [3.63, 3.8) is 0 Å². The van der Waals surface area contributed by atoms with Crippen molar-refractivity contribution in [3.05, 3.63) is 83.9 Å². The van der Waals surface area contributed by atoms with Crippen molar-refractivity contribution in [3.8, 4) is 0 Å². The average molecular weight is 345 g/mol. The SMILES string of the molecule is CC(NC(=O)c1ccc(Cn2cccn2)cc1)c1nc2ccccc2[nH]1. The second-order valence-electron chi connectivity index (χ2n) is 6.23. The highest BCUT2D eigenvalue weighted by Crippen LogP contribution is 2.16. The van der Waals surface area contributed by atoms with Gasteiger partial charge in [-0.3, -0.25) is 9.48 Å². The van der Waals surface area contributed by atoms with Gasteiger partial charge < -0.3 is 10.3 Å². The number of H-pyrrole nitrogens is 1. The molecule has 1 unspecified atom stereocenters. The monoisotopic (exact) mass is 345 g/mol. The number of fused-ring (bicyclic) bond motifs is 1. The number of benzene rings is 2. The zero-order chi connectivity index (χ0) is 17.9. The largest absolute Gasteiger partial charge is 0.342 e. The lowest BCUT2D eigenvalue weighted by molar-refractivity contribution is 0.0938. The smallest absolute Gasteiger partial charge is 0.251 e. The summed E-state index contributed by atoms with van der Waals surface area (Å²) in [7, 11) is 0. The number of nitrogens with zero attached hydrogens (tertiary/aromatic N) is 3. The van der Waals surface area contributed by atoms with Gasteiger partial charge in [0.1, 0.15) is 5.82 Å². The fourth-order valence-electron chi connectivity index (χ4n) is 2.87. The Balaban J connectivity index is 1.43. The molecular weight excluding hydrogens is 326 g/mol. The summed E-state index contributed by atoms with van der Waals surface area (Å²) in [6.07, 6.45) is 3.66. The van der Waals surface area contributed by atoms with Gasteiger partial charge >= 0.3 is 0 Å². The first-order valence-corrected chi connectivity index (χ1v) is 8.51. The van der Waals surface area contributed by atoms with E-state index in [1.807, 2.05) is 72.4 Å². The lowest BCUT2D eigenvalue weighted by atomic mass is 10.1. The third kappa shape index (κ3) is 3.35. The number of imidazole rings is 1. The van der Waals surface area contributed by atoms with E-state index in [-0.39, 0.29) is 11.9 Å². The molecular formula is C20H19N5O. The molecule has 6 heteroatoms. The van der Waals surface area contributed by atoms with Gasteiger partial charge in [-0.2, -0.15) is 5.10 Å². The Kier molecular flexibility index (Phi) is 4.23. The molecule has 0 bridgehead atoms. The van der Waals surface area contributed by atoms with Gasteiger partial charge in [-0.25, -0.2) is 4.98 Å². The summed E-state index contributed by atoms with van der Waals surface area (Å²) in [5.41, 5.74) is 3.57.